The molecular weight excluding hydrogens is 214 g/mol. The molecule has 0 amide bonds. The molecule has 0 aliphatic carbocycles. The van der Waals surface area contributed by atoms with Crippen LogP contribution in [0.4, 0.5) is 0 Å². The van der Waals surface area contributed by atoms with Crippen LogP contribution in [-0.2, 0) is 0 Å². The molecule has 14 heavy (non-hydrogen) atoms. The standard InChI is InChI=1S/C11H18ClNS/c1-7(2)13-9(4)8(3)11-10(12)5-6-14-11/h5-9,13H,1-4H3. The fourth-order valence-corrected chi connectivity index (χ4v) is 2.92. The van der Waals surface area contributed by atoms with E-state index >= 15 is 0 Å². The first-order valence-electron chi connectivity index (χ1n) is 5.01. The van der Waals surface area contributed by atoms with Crippen LogP contribution in [0, 0.1) is 0 Å². The molecule has 80 valence electrons. The summed E-state index contributed by atoms with van der Waals surface area (Å²) in [5, 5.41) is 6.46. The van der Waals surface area contributed by atoms with Crippen molar-refractivity contribution in [3.05, 3.63) is 21.3 Å². The number of halogens is 1. The molecule has 0 saturated carbocycles. The van der Waals surface area contributed by atoms with Crippen molar-refractivity contribution in [3.8, 4) is 0 Å². The molecule has 3 heteroatoms. The Kier molecular flexibility index (Phi) is 4.42. The summed E-state index contributed by atoms with van der Waals surface area (Å²) < 4.78 is 0. The zero-order valence-electron chi connectivity index (χ0n) is 9.17. The van der Waals surface area contributed by atoms with Gasteiger partial charge < -0.3 is 5.32 Å². The summed E-state index contributed by atoms with van der Waals surface area (Å²) >= 11 is 7.84. The van der Waals surface area contributed by atoms with Gasteiger partial charge in [-0.2, -0.15) is 0 Å². The first-order chi connectivity index (χ1) is 6.52. The number of hydrogen-bond acceptors (Lipinski definition) is 2. The molecule has 1 N–H and O–H groups in total. The molecule has 1 aromatic heterocycles. The van der Waals surface area contributed by atoms with Gasteiger partial charge in [-0.1, -0.05) is 32.4 Å². The van der Waals surface area contributed by atoms with Crippen molar-refractivity contribution in [3.63, 3.8) is 0 Å². The monoisotopic (exact) mass is 231 g/mol. The second-order valence-electron chi connectivity index (χ2n) is 4.03. The minimum atomic E-state index is 0.464. The number of hydrogen-bond donors (Lipinski definition) is 1. The lowest BCUT2D eigenvalue weighted by atomic mass is 10.0. The largest absolute Gasteiger partial charge is 0.311 e. The van der Waals surface area contributed by atoms with E-state index in [1.807, 2.05) is 6.07 Å². The highest BCUT2D eigenvalue weighted by Crippen LogP contribution is 2.31. The first kappa shape index (κ1) is 12.0. The van der Waals surface area contributed by atoms with Gasteiger partial charge in [-0.3, -0.25) is 0 Å². The molecule has 1 nitrogen and oxygen atoms in total. The van der Waals surface area contributed by atoms with Crippen LogP contribution in [0.2, 0.25) is 5.02 Å². The Morgan fingerprint density at radius 3 is 2.36 bits per heavy atom. The van der Waals surface area contributed by atoms with Gasteiger partial charge in [-0.05, 0) is 18.4 Å². The topological polar surface area (TPSA) is 12.0 Å². The molecule has 0 saturated heterocycles. The average molecular weight is 232 g/mol. The van der Waals surface area contributed by atoms with Gasteiger partial charge in [-0.25, -0.2) is 0 Å². The summed E-state index contributed by atoms with van der Waals surface area (Å²) in [4.78, 5) is 1.28. The van der Waals surface area contributed by atoms with Gasteiger partial charge >= 0.3 is 0 Å². The summed E-state index contributed by atoms with van der Waals surface area (Å²) in [7, 11) is 0. The van der Waals surface area contributed by atoms with E-state index in [1.165, 1.54) is 4.88 Å². The molecule has 1 heterocycles. The summed E-state index contributed by atoms with van der Waals surface area (Å²) in [6.45, 7) is 8.76. The van der Waals surface area contributed by atoms with Gasteiger partial charge in [0.1, 0.15) is 0 Å². The molecular formula is C11H18ClNS. The van der Waals surface area contributed by atoms with Crippen molar-refractivity contribution in [2.75, 3.05) is 0 Å². The van der Waals surface area contributed by atoms with E-state index in [1.54, 1.807) is 11.3 Å². The summed E-state index contributed by atoms with van der Waals surface area (Å²) in [5.41, 5.74) is 0. The Morgan fingerprint density at radius 2 is 1.93 bits per heavy atom. The molecule has 0 bridgehead atoms. The van der Waals surface area contributed by atoms with Gasteiger partial charge in [0.25, 0.3) is 0 Å². The van der Waals surface area contributed by atoms with Crippen molar-refractivity contribution >= 4 is 22.9 Å². The second-order valence-corrected chi connectivity index (χ2v) is 5.39. The highest BCUT2D eigenvalue weighted by Gasteiger charge is 2.18. The SMILES string of the molecule is CC(C)NC(C)C(C)c1sccc1Cl. The summed E-state index contributed by atoms with van der Waals surface area (Å²) in [6, 6.07) is 2.96. The summed E-state index contributed by atoms with van der Waals surface area (Å²) in [5.74, 6) is 0.477. The molecule has 0 fully saturated rings. The molecule has 1 aromatic rings. The van der Waals surface area contributed by atoms with E-state index in [-0.39, 0.29) is 0 Å². The van der Waals surface area contributed by atoms with Crippen LogP contribution >= 0.6 is 22.9 Å². The lowest BCUT2D eigenvalue weighted by Crippen LogP contribution is -2.35. The summed E-state index contributed by atoms with van der Waals surface area (Å²) in [6.07, 6.45) is 0. The molecule has 0 aliphatic heterocycles. The quantitative estimate of drug-likeness (QED) is 0.829. The molecule has 0 spiro atoms. The van der Waals surface area contributed by atoms with Gasteiger partial charge in [0, 0.05) is 22.9 Å². The highest BCUT2D eigenvalue weighted by atomic mass is 35.5. The number of nitrogens with one attached hydrogen (secondary N) is 1. The third-order valence-electron chi connectivity index (χ3n) is 2.40. The van der Waals surface area contributed by atoms with E-state index in [4.69, 9.17) is 11.6 Å². The zero-order chi connectivity index (χ0) is 10.7. The fraction of sp³-hybridized carbons (Fsp3) is 0.636. The Balaban J connectivity index is 2.65. The van der Waals surface area contributed by atoms with Crippen molar-refractivity contribution < 1.29 is 0 Å². The van der Waals surface area contributed by atoms with Crippen LogP contribution in [0.3, 0.4) is 0 Å². The third kappa shape index (κ3) is 2.97. The smallest absolute Gasteiger partial charge is 0.0548 e. The lowest BCUT2D eigenvalue weighted by Gasteiger charge is -2.23. The Morgan fingerprint density at radius 1 is 1.29 bits per heavy atom. The van der Waals surface area contributed by atoms with Gasteiger partial charge in [-0.15, -0.1) is 11.3 Å². The maximum atomic E-state index is 6.10. The van der Waals surface area contributed by atoms with Crippen molar-refractivity contribution in [2.24, 2.45) is 0 Å². The molecule has 0 radical (unpaired) electrons. The Hall–Kier alpha value is -0.0500. The minimum Gasteiger partial charge on any atom is -0.311 e. The number of thiophene rings is 1. The minimum absolute atomic E-state index is 0.464. The van der Waals surface area contributed by atoms with E-state index in [9.17, 15) is 0 Å². The van der Waals surface area contributed by atoms with Crippen LogP contribution in [0.1, 0.15) is 38.5 Å². The van der Waals surface area contributed by atoms with Crippen LogP contribution in [0.5, 0.6) is 0 Å². The van der Waals surface area contributed by atoms with Crippen LogP contribution in [0.25, 0.3) is 0 Å². The van der Waals surface area contributed by atoms with Gasteiger partial charge in [0.2, 0.25) is 0 Å². The van der Waals surface area contributed by atoms with E-state index in [2.05, 4.69) is 38.4 Å². The van der Waals surface area contributed by atoms with E-state index in [0.717, 1.165) is 5.02 Å². The molecule has 0 aromatic carbocycles. The van der Waals surface area contributed by atoms with Crippen molar-refractivity contribution in [1.82, 2.24) is 5.32 Å². The van der Waals surface area contributed by atoms with Gasteiger partial charge in [0.05, 0.1) is 5.02 Å². The first-order valence-corrected chi connectivity index (χ1v) is 6.27. The molecule has 1 rings (SSSR count). The van der Waals surface area contributed by atoms with Crippen LogP contribution in [0.15, 0.2) is 11.4 Å². The molecule has 0 aliphatic rings. The second kappa shape index (κ2) is 5.15. The van der Waals surface area contributed by atoms with Crippen molar-refractivity contribution in [1.29, 1.82) is 0 Å². The zero-order valence-corrected chi connectivity index (χ0v) is 10.7. The van der Waals surface area contributed by atoms with Crippen LogP contribution < -0.4 is 5.32 Å². The van der Waals surface area contributed by atoms with E-state index < -0.39 is 0 Å². The maximum absolute atomic E-state index is 6.10. The normalized spacial score (nSPS) is 15.9. The number of rotatable bonds is 4. The maximum Gasteiger partial charge on any atom is 0.0548 e. The Bertz CT molecular complexity index is 283. The third-order valence-corrected chi connectivity index (χ3v) is 3.96. The predicted octanol–water partition coefficient (Wildman–Crippen LogP) is 3.89. The average Bonchev–Trinajstić information content (AvgIpc) is 2.48. The lowest BCUT2D eigenvalue weighted by molar-refractivity contribution is 0.443. The Labute approximate surface area is 95.5 Å². The molecule has 2 unspecified atom stereocenters. The molecule has 2 atom stereocenters. The van der Waals surface area contributed by atoms with E-state index in [0.29, 0.717) is 18.0 Å². The van der Waals surface area contributed by atoms with Crippen LogP contribution in [-0.4, -0.2) is 12.1 Å². The van der Waals surface area contributed by atoms with Crippen molar-refractivity contribution in [2.45, 2.75) is 45.7 Å². The van der Waals surface area contributed by atoms with Gasteiger partial charge in [0.15, 0.2) is 0 Å². The fourth-order valence-electron chi connectivity index (χ4n) is 1.53. The predicted molar refractivity (Wildman–Crippen MR) is 65.5 cm³/mol. The highest BCUT2D eigenvalue weighted by molar-refractivity contribution is 7.10.